The first-order chi connectivity index (χ1) is 13.0. The molecule has 7 heteroatoms. The molecule has 0 aliphatic heterocycles. The smallest absolute Gasteiger partial charge is 0.310 e. The number of amides is 1. The van der Waals surface area contributed by atoms with Gasteiger partial charge >= 0.3 is 5.97 Å². The molecule has 144 valence electrons. The number of carbonyl (C=O) groups is 2. The summed E-state index contributed by atoms with van der Waals surface area (Å²) in [7, 11) is 0. The zero-order valence-electron chi connectivity index (χ0n) is 15.3. The molecule has 6 nitrogen and oxygen atoms in total. The zero-order valence-corrected chi connectivity index (χ0v) is 16.0. The third kappa shape index (κ3) is 6.83. The summed E-state index contributed by atoms with van der Waals surface area (Å²) in [6.45, 7) is 4.35. The molecule has 0 aliphatic rings. The first-order valence-corrected chi connectivity index (χ1v) is 8.99. The van der Waals surface area contributed by atoms with Crippen LogP contribution in [-0.4, -0.2) is 31.7 Å². The third-order valence-corrected chi connectivity index (χ3v) is 3.71. The molecule has 2 aromatic rings. The standard InChI is InChI=1S/C20H22ClNO5/c1-3-25-17-10-9-16(12-18(17)26-4-2)22-19(23)13-27-20(24)11-14-5-7-15(21)8-6-14/h5-10,12H,3-4,11,13H2,1-2H3,(H,22,23). The predicted molar refractivity (Wildman–Crippen MR) is 104 cm³/mol. The maximum absolute atomic E-state index is 12.0. The van der Waals surface area contributed by atoms with E-state index in [2.05, 4.69) is 5.32 Å². The van der Waals surface area contributed by atoms with E-state index in [1.165, 1.54) is 0 Å². The molecule has 0 aliphatic carbocycles. The van der Waals surface area contributed by atoms with Gasteiger partial charge in [-0.2, -0.15) is 0 Å². The lowest BCUT2D eigenvalue weighted by Crippen LogP contribution is -2.21. The van der Waals surface area contributed by atoms with Crippen LogP contribution in [0.3, 0.4) is 0 Å². The molecule has 0 atom stereocenters. The fourth-order valence-electron chi connectivity index (χ4n) is 2.29. The fourth-order valence-corrected chi connectivity index (χ4v) is 2.42. The summed E-state index contributed by atoms with van der Waals surface area (Å²) in [5, 5.41) is 3.26. The van der Waals surface area contributed by atoms with Crippen molar-refractivity contribution in [2.45, 2.75) is 20.3 Å². The Morgan fingerprint density at radius 2 is 1.63 bits per heavy atom. The van der Waals surface area contributed by atoms with Crippen molar-refractivity contribution in [3.05, 3.63) is 53.1 Å². The lowest BCUT2D eigenvalue weighted by molar-refractivity contribution is -0.146. The second-order valence-electron chi connectivity index (χ2n) is 5.54. The molecule has 0 saturated carbocycles. The molecule has 0 spiro atoms. The van der Waals surface area contributed by atoms with E-state index in [1.54, 1.807) is 42.5 Å². The van der Waals surface area contributed by atoms with Crippen molar-refractivity contribution < 1.29 is 23.8 Å². The molecule has 0 aromatic heterocycles. The van der Waals surface area contributed by atoms with E-state index < -0.39 is 11.9 Å². The van der Waals surface area contributed by atoms with Crippen LogP contribution in [0, 0.1) is 0 Å². The Morgan fingerprint density at radius 1 is 0.963 bits per heavy atom. The fraction of sp³-hybridized carbons (Fsp3) is 0.300. The third-order valence-electron chi connectivity index (χ3n) is 3.45. The minimum atomic E-state index is -0.492. The van der Waals surface area contributed by atoms with E-state index in [-0.39, 0.29) is 13.0 Å². The highest BCUT2D eigenvalue weighted by Gasteiger charge is 2.11. The highest BCUT2D eigenvalue weighted by molar-refractivity contribution is 6.30. The lowest BCUT2D eigenvalue weighted by atomic mass is 10.1. The summed E-state index contributed by atoms with van der Waals surface area (Å²) in [5.74, 6) is 0.212. The van der Waals surface area contributed by atoms with Crippen LogP contribution in [0.1, 0.15) is 19.4 Å². The van der Waals surface area contributed by atoms with Crippen molar-refractivity contribution >= 4 is 29.2 Å². The van der Waals surface area contributed by atoms with Gasteiger partial charge in [-0.15, -0.1) is 0 Å². The molecule has 0 unspecified atom stereocenters. The molecule has 0 fully saturated rings. The van der Waals surface area contributed by atoms with Gasteiger partial charge in [0.05, 0.1) is 19.6 Å². The number of esters is 1. The van der Waals surface area contributed by atoms with Crippen LogP contribution in [-0.2, 0) is 20.7 Å². The number of hydrogen-bond acceptors (Lipinski definition) is 5. The van der Waals surface area contributed by atoms with Gasteiger partial charge in [0.2, 0.25) is 0 Å². The molecule has 1 N–H and O–H groups in total. The molecular weight excluding hydrogens is 370 g/mol. The van der Waals surface area contributed by atoms with E-state index in [1.807, 2.05) is 13.8 Å². The number of hydrogen-bond donors (Lipinski definition) is 1. The lowest BCUT2D eigenvalue weighted by Gasteiger charge is -2.13. The van der Waals surface area contributed by atoms with Gasteiger partial charge in [0, 0.05) is 16.8 Å². The minimum absolute atomic E-state index is 0.0714. The summed E-state index contributed by atoms with van der Waals surface area (Å²) in [6.07, 6.45) is 0.0714. The van der Waals surface area contributed by atoms with E-state index in [0.29, 0.717) is 35.4 Å². The largest absolute Gasteiger partial charge is 0.490 e. The molecular formula is C20H22ClNO5. The van der Waals surface area contributed by atoms with E-state index in [9.17, 15) is 9.59 Å². The number of carbonyl (C=O) groups excluding carboxylic acids is 2. The van der Waals surface area contributed by atoms with Gasteiger partial charge in [-0.25, -0.2) is 0 Å². The normalized spacial score (nSPS) is 10.2. The summed E-state index contributed by atoms with van der Waals surface area (Å²) in [5.41, 5.74) is 1.29. The quantitative estimate of drug-likeness (QED) is 0.657. The van der Waals surface area contributed by atoms with Gasteiger partial charge in [-0.3, -0.25) is 9.59 Å². The van der Waals surface area contributed by atoms with Crippen molar-refractivity contribution in [3.8, 4) is 11.5 Å². The zero-order chi connectivity index (χ0) is 19.6. The monoisotopic (exact) mass is 391 g/mol. The maximum atomic E-state index is 12.0. The van der Waals surface area contributed by atoms with E-state index in [0.717, 1.165) is 5.56 Å². The van der Waals surface area contributed by atoms with Crippen LogP contribution >= 0.6 is 11.6 Å². The number of ether oxygens (including phenoxy) is 3. The van der Waals surface area contributed by atoms with Crippen molar-refractivity contribution in [1.82, 2.24) is 0 Å². The van der Waals surface area contributed by atoms with Gasteiger partial charge < -0.3 is 19.5 Å². The number of nitrogens with one attached hydrogen (secondary N) is 1. The Bertz CT molecular complexity index is 776. The Hall–Kier alpha value is -2.73. The van der Waals surface area contributed by atoms with Crippen LogP contribution in [0.2, 0.25) is 5.02 Å². The number of halogens is 1. The van der Waals surface area contributed by atoms with Crippen molar-refractivity contribution in [2.24, 2.45) is 0 Å². The van der Waals surface area contributed by atoms with Crippen LogP contribution in [0.15, 0.2) is 42.5 Å². The summed E-state index contributed by atoms with van der Waals surface area (Å²) in [4.78, 5) is 23.9. The predicted octanol–water partition coefficient (Wildman–Crippen LogP) is 3.86. The van der Waals surface area contributed by atoms with Gasteiger partial charge in [0.15, 0.2) is 18.1 Å². The van der Waals surface area contributed by atoms with Gasteiger partial charge in [0.25, 0.3) is 5.91 Å². The topological polar surface area (TPSA) is 73.9 Å². The first kappa shape index (κ1) is 20.6. The van der Waals surface area contributed by atoms with E-state index in [4.69, 9.17) is 25.8 Å². The number of rotatable bonds is 9. The highest BCUT2D eigenvalue weighted by Crippen LogP contribution is 2.30. The average Bonchev–Trinajstić information content (AvgIpc) is 2.64. The molecule has 2 aromatic carbocycles. The average molecular weight is 392 g/mol. The SMILES string of the molecule is CCOc1ccc(NC(=O)COC(=O)Cc2ccc(Cl)cc2)cc1OCC. The second-order valence-corrected chi connectivity index (χ2v) is 5.98. The Labute approximate surface area is 163 Å². The van der Waals surface area contributed by atoms with Crippen molar-refractivity contribution in [2.75, 3.05) is 25.1 Å². The van der Waals surface area contributed by atoms with Gasteiger partial charge in [-0.1, -0.05) is 23.7 Å². The summed E-state index contributed by atoms with van der Waals surface area (Å²) >= 11 is 5.80. The Balaban J connectivity index is 1.86. The summed E-state index contributed by atoms with van der Waals surface area (Å²) < 4.78 is 16.0. The minimum Gasteiger partial charge on any atom is -0.490 e. The number of anilines is 1. The first-order valence-electron chi connectivity index (χ1n) is 8.61. The molecule has 27 heavy (non-hydrogen) atoms. The Morgan fingerprint density at radius 3 is 2.30 bits per heavy atom. The molecule has 2 rings (SSSR count). The molecule has 0 radical (unpaired) electrons. The second kappa shape index (κ2) is 10.4. The van der Waals surface area contributed by atoms with Crippen LogP contribution in [0.4, 0.5) is 5.69 Å². The molecule has 0 bridgehead atoms. The van der Waals surface area contributed by atoms with E-state index >= 15 is 0 Å². The van der Waals surface area contributed by atoms with Crippen molar-refractivity contribution in [1.29, 1.82) is 0 Å². The van der Waals surface area contributed by atoms with Crippen LogP contribution < -0.4 is 14.8 Å². The Kier molecular flexibility index (Phi) is 7.95. The van der Waals surface area contributed by atoms with Crippen LogP contribution in [0.5, 0.6) is 11.5 Å². The highest BCUT2D eigenvalue weighted by atomic mass is 35.5. The van der Waals surface area contributed by atoms with Crippen molar-refractivity contribution in [3.63, 3.8) is 0 Å². The maximum Gasteiger partial charge on any atom is 0.310 e. The number of benzene rings is 2. The summed E-state index contributed by atoms with van der Waals surface area (Å²) in [6, 6.07) is 11.9. The molecule has 1 amide bonds. The van der Waals surface area contributed by atoms with Gasteiger partial charge in [0.1, 0.15) is 0 Å². The molecule has 0 saturated heterocycles. The van der Waals surface area contributed by atoms with Crippen LogP contribution in [0.25, 0.3) is 0 Å². The van der Waals surface area contributed by atoms with Gasteiger partial charge in [-0.05, 0) is 43.7 Å². The molecule has 0 heterocycles.